The van der Waals surface area contributed by atoms with Gasteiger partial charge in [0.1, 0.15) is 17.9 Å². The summed E-state index contributed by atoms with van der Waals surface area (Å²) in [5.41, 5.74) is 8.20. The van der Waals surface area contributed by atoms with Gasteiger partial charge in [-0.15, -0.1) is 0 Å². The van der Waals surface area contributed by atoms with E-state index in [9.17, 15) is 18.8 Å². The smallest absolute Gasteiger partial charge is 0.243 e. The zero-order chi connectivity index (χ0) is 23.2. The first-order chi connectivity index (χ1) is 14.5. The highest BCUT2D eigenvalue weighted by atomic mass is 19.1. The quantitative estimate of drug-likeness (QED) is 0.603. The first kappa shape index (κ1) is 24.1. The van der Waals surface area contributed by atoms with Crippen LogP contribution in [0.2, 0.25) is 0 Å². The Hall–Kier alpha value is -3.22. The average Bonchev–Trinajstić information content (AvgIpc) is 2.68. The van der Waals surface area contributed by atoms with Crippen molar-refractivity contribution in [3.8, 4) is 0 Å². The second-order valence-electron chi connectivity index (χ2n) is 8.70. The van der Waals surface area contributed by atoms with Gasteiger partial charge in [0, 0.05) is 19.8 Å². The number of rotatable bonds is 8. The lowest BCUT2D eigenvalue weighted by atomic mass is 9.86. The van der Waals surface area contributed by atoms with Gasteiger partial charge in [-0.2, -0.15) is 0 Å². The molecule has 166 valence electrons. The predicted octanol–water partition coefficient (Wildman–Crippen LogP) is 2.38. The largest absolute Gasteiger partial charge is 0.368 e. The number of carbonyl (C=O) groups excluding carboxylic acids is 3. The summed E-state index contributed by atoms with van der Waals surface area (Å²) in [4.78, 5) is 36.4. The van der Waals surface area contributed by atoms with Gasteiger partial charge in [0.2, 0.25) is 17.7 Å². The van der Waals surface area contributed by atoms with Crippen LogP contribution in [0.1, 0.15) is 44.4 Å². The first-order valence-corrected chi connectivity index (χ1v) is 10.2. The van der Waals surface area contributed by atoms with E-state index in [1.807, 2.05) is 24.3 Å². The fraction of sp³-hybridized carbons (Fsp3) is 0.375. The molecule has 2 aromatic carbocycles. The predicted molar refractivity (Wildman–Crippen MR) is 118 cm³/mol. The number of hydrogen-bond donors (Lipinski definition) is 3. The van der Waals surface area contributed by atoms with Crippen molar-refractivity contribution in [3.63, 3.8) is 0 Å². The monoisotopic (exact) mass is 427 g/mol. The van der Waals surface area contributed by atoms with Crippen molar-refractivity contribution in [1.29, 1.82) is 0 Å². The van der Waals surface area contributed by atoms with Crippen LogP contribution in [0.15, 0.2) is 48.5 Å². The summed E-state index contributed by atoms with van der Waals surface area (Å²) in [6.45, 7) is 7.63. The molecule has 0 unspecified atom stereocenters. The Morgan fingerprint density at radius 2 is 1.35 bits per heavy atom. The minimum atomic E-state index is -0.933. The molecule has 7 heteroatoms. The SMILES string of the molecule is CC(=O)N[C@H](Cc1ccc(F)cc1)C(=O)N[C@H](Cc1ccc(C(C)(C)C)cc1)C(N)=O. The van der Waals surface area contributed by atoms with Crippen molar-refractivity contribution in [3.05, 3.63) is 71.0 Å². The lowest BCUT2D eigenvalue weighted by molar-refractivity contribution is -0.130. The number of benzene rings is 2. The Morgan fingerprint density at radius 1 is 0.871 bits per heavy atom. The Kier molecular flexibility index (Phi) is 7.91. The van der Waals surface area contributed by atoms with Crippen LogP contribution in [-0.4, -0.2) is 29.8 Å². The highest BCUT2D eigenvalue weighted by Gasteiger charge is 2.25. The molecule has 0 aromatic heterocycles. The average molecular weight is 428 g/mol. The maximum atomic E-state index is 13.2. The molecular weight excluding hydrogens is 397 g/mol. The third kappa shape index (κ3) is 7.51. The van der Waals surface area contributed by atoms with Gasteiger partial charge in [-0.25, -0.2) is 4.39 Å². The van der Waals surface area contributed by atoms with Crippen LogP contribution in [-0.2, 0) is 32.6 Å². The molecule has 0 aliphatic carbocycles. The van der Waals surface area contributed by atoms with E-state index < -0.39 is 35.6 Å². The summed E-state index contributed by atoms with van der Waals surface area (Å²) in [6, 6.07) is 11.6. The van der Waals surface area contributed by atoms with Crippen molar-refractivity contribution < 1.29 is 18.8 Å². The van der Waals surface area contributed by atoms with E-state index in [4.69, 9.17) is 5.73 Å². The van der Waals surface area contributed by atoms with Gasteiger partial charge >= 0.3 is 0 Å². The highest BCUT2D eigenvalue weighted by molar-refractivity contribution is 5.91. The number of primary amides is 1. The van der Waals surface area contributed by atoms with E-state index in [1.54, 1.807) is 12.1 Å². The molecule has 0 saturated heterocycles. The minimum Gasteiger partial charge on any atom is -0.368 e. The molecule has 31 heavy (non-hydrogen) atoms. The van der Waals surface area contributed by atoms with Crippen LogP contribution in [0.3, 0.4) is 0 Å². The van der Waals surface area contributed by atoms with Crippen LogP contribution >= 0.6 is 0 Å². The highest BCUT2D eigenvalue weighted by Crippen LogP contribution is 2.22. The number of nitrogens with one attached hydrogen (secondary N) is 2. The zero-order valence-corrected chi connectivity index (χ0v) is 18.4. The lowest BCUT2D eigenvalue weighted by Gasteiger charge is -2.22. The standard InChI is InChI=1S/C24H30FN3O3/c1-15(29)27-21(14-17-7-11-19(25)12-8-17)23(31)28-20(22(26)30)13-16-5-9-18(10-6-16)24(2,3)4/h5-12,20-21H,13-14H2,1-4H3,(H2,26,30)(H,27,29)(H,28,31)/t20-,21-/m1/s1. The van der Waals surface area contributed by atoms with E-state index in [2.05, 4.69) is 31.4 Å². The van der Waals surface area contributed by atoms with E-state index in [-0.39, 0.29) is 18.3 Å². The van der Waals surface area contributed by atoms with Gasteiger partial charge in [-0.1, -0.05) is 57.2 Å². The fourth-order valence-electron chi connectivity index (χ4n) is 3.18. The minimum absolute atomic E-state index is 0.00175. The number of carbonyl (C=O) groups is 3. The second-order valence-corrected chi connectivity index (χ2v) is 8.70. The molecule has 2 rings (SSSR count). The maximum absolute atomic E-state index is 13.2. The summed E-state index contributed by atoms with van der Waals surface area (Å²) in [5.74, 6) is -1.99. The van der Waals surface area contributed by atoms with Gasteiger partial charge in [0.15, 0.2) is 0 Å². The Labute approximate surface area is 182 Å². The molecule has 4 N–H and O–H groups in total. The van der Waals surface area contributed by atoms with Gasteiger partial charge in [-0.05, 0) is 34.2 Å². The Balaban J connectivity index is 2.12. The summed E-state index contributed by atoms with van der Waals surface area (Å²) in [5, 5.41) is 5.22. The summed E-state index contributed by atoms with van der Waals surface area (Å²) in [7, 11) is 0. The molecule has 0 spiro atoms. The van der Waals surface area contributed by atoms with Crippen LogP contribution in [0.4, 0.5) is 4.39 Å². The molecule has 0 heterocycles. The second kappa shape index (κ2) is 10.2. The zero-order valence-electron chi connectivity index (χ0n) is 18.4. The van der Waals surface area contributed by atoms with Crippen molar-refractivity contribution >= 4 is 17.7 Å². The molecule has 0 aliphatic rings. The molecular formula is C24H30FN3O3. The number of amides is 3. The molecule has 3 amide bonds. The number of nitrogens with two attached hydrogens (primary N) is 1. The number of hydrogen-bond acceptors (Lipinski definition) is 3. The summed E-state index contributed by atoms with van der Waals surface area (Å²) in [6.07, 6.45) is 0.381. The van der Waals surface area contributed by atoms with Gasteiger partial charge in [0.25, 0.3) is 0 Å². The van der Waals surface area contributed by atoms with E-state index in [0.717, 1.165) is 11.1 Å². The van der Waals surface area contributed by atoms with Crippen LogP contribution in [0.5, 0.6) is 0 Å². The molecule has 2 atom stereocenters. The molecule has 6 nitrogen and oxygen atoms in total. The van der Waals surface area contributed by atoms with E-state index in [1.165, 1.54) is 19.1 Å². The summed E-state index contributed by atoms with van der Waals surface area (Å²) < 4.78 is 13.2. The van der Waals surface area contributed by atoms with Crippen LogP contribution < -0.4 is 16.4 Å². The summed E-state index contributed by atoms with van der Waals surface area (Å²) >= 11 is 0. The third-order valence-electron chi connectivity index (χ3n) is 4.97. The van der Waals surface area contributed by atoms with E-state index in [0.29, 0.717) is 5.56 Å². The topological polar surface area (TPSA) is 101 Å². The molecule has 0 fully saturated rings. The van der Waals surface area contributed by atoms with Gasteiger partial charge in [0.05, 0.1) is 0 Å². The lowest BCUT2D eigenvalue weighted by Crippen LogP contribution is -2.54. The molecule has 0 radical (unpaired) electrons. The van der Waals surface area contributed by atoms with Gasteiger partial charge in [-0.3, -0.25) is 14.4 Å². The van der Waals surface area contributed by atoms with Crippen molar-refractivity contribution in [2.24, 2.45) is 5.73 Å². The number of halogens is 1. The molecule has 0 saturated carbocycles. The van der Waals surface area contributed by atoms with Crippen LogP contribution in [0, 0.1) is 5.82 Å². The Bertz CT molecular complexity index is 919. The normalized spacial score (nSPS) is 13.2. The third-order valence-corrected chi connectivity index (χ3v) is 4.97. The van der Waals surface area contributed by atoms with Crippen molar-refractivity contribution in [2.75, 3.05) is 0 Å². The van der Waals surface area contributed by atoms with Gasteiger partial charge < -0.3 is 16.4 Å². The van der Waals surface area contributed by atoms with Crippen LogP contribution in [0.25, 0.3) is 0 Å². The maximum Gasteiger partial charge on any atom is 0.243 e. The molecule has 0 aliphatic heterocycles. The fourth-order valence-corrected chi connectivity index (χ4v) is 3.18. The Morgan fingerprint density at radius 3 is 1.81 bits per heavy atom. The van der Waals surface area contributed by atoms with E-state index >= 15 is 0 Å². The first-order valence-electron chi connectivity index (χ1n) is 10.2. The van der Waals surface area contributed by atoms with Crippen molar-refractivity contribution in [1.82, 2.24) is 10.6 Å². The van der Waals surface area contributed by atoms with Crippen molar-refractivity contribution in [2.45, 2.75) is 58.0 Å². The molecule has 0 bridgehead atoms. The molecule has 2 aromatic rings.